The van der Waals surface area contributed by atoms with E-state index in [-0.39, 0.29) is 18.2 Å². The van der Waals surface area contributed by atoms with E-state index in [2.05, 4.69) is 4.72 Å². The van der Waals surface area contributed by atoms with Crippen molar-refractivity contribution in [2.45, 2.75) is 31.1 Å². The maximum Gasteiger partial charge on any atom is 0.215 e. The quantitative estimate of drug-likeness (QED) is 0.867. The number of hydrogen-bond donors (Lipinski definition) is 2. The Morgan fingerprint density at radius 1 is 1.30 bits per heavy atom. The van der Waals surface area contributed by atoms with Gasteiger partial charge in [0.15, 0.2) is 0 Å². The predicted octanol–water partition coefficient (Wildman–Crippen LogP) is 2.57. The standard InChI is InChI=1S/C13H17Cl2NO3S/c14-11-5-4-10(12(15)6-11)8-20(18,19)16-7-9-2-1-3-13(9)17/h4-6,9,13,16-17H,1-3,7-8H2. The van der Waals surface area contributed by atoms with E-state index in [0.717, 1.165) is 19.3 Å². The van der Waals surface area contributed by atoms with Crippen LogP contribution in [0.4, 0.5) is 0 Å². The molecule has 2 atom stereocenters. The van der Waals surface area contributed by atoms with Crippen LogP contribution in [-0.2, 0) is 15.8 Å². The lowest BCUT2D eigenvalue weighted by molar-refractivity contribution is 0.134. The topological polar surface area (TPSA) is 66.4 Å². The van der Waals surface area contributed by atoms with Crippen LogP contribution >= 0.6 is 23.2 Å². The van der Waals surface area contributed by atoms with Crippen molar-refractivity contribution in [3.05, 3.63) is 33.8 Å². The number of hydrogen-bond acceptors (Lipinski definition) is 3. The highest BCUT2D eigenvalue weighted by atomic mass is 35.5. The van der Waals surface area contributed by atoms with Gasteiger partial charge in [-0.2, -0.15) is 0 Å². The molecule has 20 heavy (non-hydrogen) atoms. The fourth-order valence-corrected chi connectivity index (χ4v) is 4.17. The third-order valence-electron chi connectivity index (χ3n) is 3.55. The molecule has 1 aromatic carbocycles. The first-order valence-electron chi connectivity index (χ1n) is 6.47. The smallest absolute Gasteiger partial charge is 0.215 e. The molecule has 0 aromatic heterocycles. The normalized spacial score (nSPS) is 23.1. The second-order valence-corrected chi connectivity index (χ2v) is 7.75. The molecule has 0 radical (unpaired) electrons. The molecule has 2 unspecified atom stereocenters. The summed E-state index contributed by atoms with van der Waals surface area (Å²) in [6, 6.07) is 4.74. The first-order chi connectivity index (χ1) is 9.37. The average molecular weight is 338 g/mol. The molecular formula is C13H17Cl2NO3S. The van der Waals surface area contributed by atoms with E-state index in [0.29, 0.717) is 15.6 Å². The number of nitrogens with one attached hydrogen (secondary N) is 1. The molecule has 2 rings (SSSR count). The molecule has 0 saturated heterocycles. The SMILES string of the molecule is O=S(=O)(Cc1ccc(Cl)cc1Cl)NCC1CCCC1O. The van der Waals surface area contributed by atoms with Crippen molar-refractivity contribution in [3.8, 4) is 0 Å². The van der Waals surface area contributed by atoms with E-state index in [1.807, 2.05) is 0 Å². The third-order valence-corrected chi connectivity index (χ3v) is 5.43. The Hall–Kier alpha value is -0.330. The van der Waals surface area contributed by atoms with Crippen LogP contribution in [-0.4, -0.2) is 26.2 Å². The van der Waals surface area contributed by atoms with E-state index in [1.54, 1.807) is 12.1 Å². The van der Waals surface area contributed by atoms with E-state index >= 15 is 0 Å². The van der Waals surface area contributed by atoms with Gasteiger partial charge in [0, 0.05) is 16.6 Å². The first-order valence-corrected chi connectivity index (χ1v) is 8.87. The van der Waals surface area contributed by atoms with Gasteiger partial charge in [-0.3, -0.25) is 0 Å². The van der Waals surface area contributed by atoms with Crippen molar-refractivity contribution in [2.24, 2.45) is 5.92 Å². The Kier molecular flexibility index (Phi) is 5.31. The fourth-order valence-electron chi connectivity index (χ4n) is 2.38. The van der Waals surface area contributed by atoms with E-state index in [9.17, 15) is 13.5 Å². The van der Waals surface area contributed by atoms with Gasteiger partial charge in [0.1, 0.15) is 0 Å². The Bertz CT molecular complexity index is 577. The highest BCUT2D eigenvalue weighted by Crippen LogP contribution is 2.25. The number of rotatable bonds is 5. The molecule has 1 aliphatic rings. The summed E-state index contributed by atoms with van der Waals surface area (Å²) < 4.78 is 26.6. The van der Waals surface area contributed by atoms with Crippen LogP contribution in [0.2, 0.25) is 10.0 Å². The molecule has 0 heterocycles. The van der Waals surface area contributed by atoms with Crippen molar-refractivity contribution < 1.29 is 13.5 Å². The summed E-state index contributed by atoms with van der Waals surface area (Å²) in [5.74, 6) is -0.184. The van der Waals surface area contributed by atoms with Crippen LogP contribution < -0.4 is 4.72 Å². The highest BCUT2D eigenvalue weighted by molar-refractivity contribution is 7.88. The van der Waals surface area contributed by atoms with Crippen LogP contribution in [0.5, 0.6) is 0 Å². The van der Waals surface area contributed by atoms with E-state index in [1.165, 1.54) is 6.07 Å². The average Bonchev–Trinajstić information content (AvgIpc) is 2.76. The van der Waals surface area contributed by atoms with Crippen LogP contribution in [0, 0.1) is 5.92 Å². The van der Waals surface area contributed by atoms with Gasteiger partial charge < -0.3 is 5.11 Å². The lowest BCUT2D eigenvalue weighted by atomic mass is 10.1. The minimum absolute atomic E-state index is 0.00506. The van der Waals surface area contributed by atoms with Crippen LogP contribution in [0.3, 0.4) is 0 Å². The number of halogens is 2. The molecule has 2 N–H and O–H groups in total. The zero-order chi connectivity index (χ0) is 14.8. The van der Waals surface area contributed by atoms with Gasteiger partial charge in [-0.05, 0) is 36.5 Å². The molecule has 4 nitrogen and oxygen atoms in total. The predicted molar refractivity (Wildman–Crippen MR) is 80.4 cm³/mol. The maximum absolute atomic E-state index is 12.0. The van der Waals surface area contributed by atoms with Gasteiger partial charge in [-0.15, -0.1) is 0 Å². The highest BCUT2D eigenvalue weighted by Gasteiger charge is 2.26. The molecular weight excluding hydrogens is 321 g/mol. The Balaban J connectivity index is 1.96. The Morgan fingerprint density at radius 2 is 2.05 bits per heavy atom. The van der Waals surface area contributed by atoms with Gasteiger partial charge in [0.25, 0.3) is 0 Å². The van der Waals surface area contributed by atoms with Gasteiger partial charge in [-0.1, -0.05) is 35.7 Å². The molecule has 0 bridgehead atoms. The summed E-state index contributed by atoms with van der Waals surface area (Å²) in [6.07, 6.45) is 2.13. The molecule has 112 valence electrons. The van der Waals surface area contributed by atoms with Crippen molar-refractivity contribution >= 4 is 33.2 Å². The summed E-state index contributed by atoms with van der Waals surface area (Å²) in [6.45, 7) is 0.273. The van der Waals surface area contributed by atoms with Crippen molar-refractivity contribution in [1.29, 1.82) is 0 Å². The number of sulfonamides is 1. The molecule has 1 aromatic rings. The van der Waals surface area contributed by atoms with Crippen LogP contribution in [0.1, 0.15) is 24.8 Å². The zero-order valence-electron chi connectivity index (χ0n) is 10.9. The minimum Gasteiger partial charge on any atom is -0.393 e. The van der Waals surface area contributed by atoms with Crippen molar-refractivity contribution in [2.75, 3.05) is 6.54 Å². The summed E-state index contributed by atoms with van der Waals surface area (Å²) in [7, 11) is -3.47. The molecule has 0 amide bonds. The monoisotopic (exact) mass is 337 g/mol. The number of aliphatic hydroxyl groups is 1. The van der Waals surface area contributed by atoms with Gasteiger partial charge in [0.05, 0.1) is 11.9 Å². The largest absolute Gasteiger partial charge is 0.393 e. The summed E-state index contributed by atoms with van der Waals surface area (Å²) in [4.78, 5) is 0. The third kappa shape index (κ3) is 4.33. The molecule has 0 aliphatic heterocycles. The van der Waals surface area contributed by atoms with Crippen molar-refractivity contribution in [1.82, 2.24) is 4.72 Å². The number of benzene rings is 1. The van der Waals surface area contributed by atoms with E-state index < -0.39 is 16.1 Å². The Morgan fingerprint density at radius 3 is 2.65 bits per heavy atom. The maximum atomic E-state index is 12.0. The second kappa shape index (κ2) is 6.62. The van der Waals surface area contributed by atoms with Gasteiger partial charge in [0.2, 0.25) is 10.0 Å². The fraction of sp³-hybridized carbons (Fsp3) is 0.538. The number of aliphatic hydroxyl groups excluding tert-OH is 1. The van der Waals surface area contributed by atoms with Gasteiger partial charge >= 0.3 is 0 Å². The molecule has 1 fully saturated rings. The second-order valence-electron chi connectivity index (χ2n) is 5.10. The van der Waals surface area contributed by atoms with E-state index in [4.69, 9.17) is 23.2 Å². The lowest BCUT2D eigenvalue weighted by Crippen LogP contribution is -2.33. The van der Waals surface area contributed by atoms with Gasteiger partial charge in [-0.25, -0.2) is 13.1 Å². The van der Waals surface area contributed by atoms with Crippen LogP contribution in [0.15, 0.2) is 18.2 Å². The lowest BCUT2D eigenvalue weighted by Gasteiger charge is -2.15. The Labute approximate surface area is 129 Å². The first kappa shape index (κ1) is 16.0. The minimum atomic E-state index is -3.47. The molecule has 1 saturated carbocycles. The van der Waals surface area contributed by atoms with Crippen molar-refractivity contribution in [3.63, 3.8) is 0 Å². The summed E-state index contributed by atoms with van der Waals surface area (Å²) in [5, 5.41) is 10.5. The summed E-state index contributed by atoms with van der Waals surface area (Å²) >= 11 is 11.7. The summed E-state index contributed by atoms with van der Waals surface area (Å²) in [5.41, 5.74) is 0.510. The molecule has 7 heteroatoms. The molecule has 0 spiro atoms. The van der Waals surface area contributed by atoms with Crippen LogP contribution in [0.25, 0.3) is 0 Å². The zero-order valence-corrected chi connectivity index (χ0v) is 13.2. The molecule has 1 aliphatic carbocycles.